The second-order valence-corrected chi connectivity index (χ2v) is 7.55. The highest BCUT2D eigenvalue weighted by Crippen LogP contribution is 2.29. The smallest absolute Gasteiger partial charge is 0.137 e. The van der Waals surface area contributed by atoms with Crippen LogP contribution in [0.1, 0.15) is 59.3 Å². The van der Waals surface area contributed by atoms with Gasteiger partial charge in [-0.15, -0.1) is 0 Å². The Bertz CT molecular complexity index is 305. The Morgan fingerprint density at radius 1 is 0.875 bits per heavy atom. The third kappa shape index (κ3) is 7.83. The highest BCUT2D eigenvalue weighted by atomic mass is 127. The third-order valence-electron chi connectivity index (χ3n) is 4.14. The van der Waals surface area contributed by atoms with Crippen LogP contribution >= 0.6 is 22.6 Å². The lowest BCUT2D eigenvalue weighted by molar-refractivity contribution is -0.233. The SMILES string of the molecule is CCCCOC[C@H]1O[C@H](I)[C@H](O)[C@@H](OCCCC)[C@@H]1OCCCC. The van der Waals surface area contributed by atoms with Gasteiger partial charge >= 0.3 is 0 Å². The zero-order chi connectivity index (χ0) is 17.8. The van der Waals surface area contributed by atoms with Crippen molar-refractivity contribution in [3.63, 3.8) is 0 Å². The summed E-state index contributed by atoms with van der Waals surface area (Å²) in [5.74, 6) is 0. The molecule has 1 saturated heterocycles. The Labute approximate surface area is 160 Å². The molecule has 0 amide bonds. The van der Waals surface area contributed by atoms with E-state index in [1.807, 2.05) is 0 Å². The van der Waals surface area contributed by atoms with Gasteiger partial charge in [-0.2, -0.15) is 0 Å². The first-order valence-electron chi connectivity index (χ1n) is 9.44. The number of halogens is 1. The molecule has 5 atom stereocenters. The molecule has 0 aliphatic carbocycles. The molecule has 1 rings (SSSR count). The number of hydrogen-bond acceptors (Lipinski definition) is 5. The van der Waals surface area contributed by atoms with Crippen LogP contribution in [-0.4, -0.2) is 60.1 Å². The summed E-state index contributed by atoms with van der Waals surface area (Å²) in [6.45, 7) is 8.92. The molecule has 0 radical (unpaired) electrons. The summed E-state index contributed by atoms with van der Waals surface area (Å²) in [5, 5.41) is 10.5. The van der Waals surface area contributed by atoms with Crippen molar-refractivity contribution in [1.29, 1.82) is 0 Å². The summed E-state index contributed by atoms with van der Waals surface area (Å²) in [6, 6.07) is 0. The van der Waals surface area contributed by atoms with Crippen molar-refractivity contribution in [2.45, 2.75) is 87.8 Å². The molecule has 1 N–H and O–H groups in total. The molecule has 0 unspecified atom stereocenters. The number of unbranched alkanes of at least 4 members (excludes halogenated alkanes) is 3. The molecule has 5 nitrogen and oxygen atoms in total. The molecular formula is C18H35IO5. The maximum atomic E-state index is 10.5. The van der Waals surface area contributed by atoms with Gasteiger partial charge in [0.2, 0.25) is 0 Å². The van der Waals surface area contributed by atoms with Gasteiger partial charge in [0.25, 0.3) is 0 Å². The van der Waals surface area contributed by atoms with Crippen molar-refractivity contribution in [1.82, 2.24) is 0 Å². The van der Waals surface area contributed by atoms with Crippen molar-refractivity contribution in [3.8, 4) is 0 Å². The van der Waals surface area contributed by atoms with Crippen LogP contribution in [0.5, 0.6) is 0 Å². The molecule has 0 bridgehead atoms. The Hall–Kier alpha value is 0.530. The van der Waals surface area contributed by atoms with Crippen LogP contribution in [0.3, 0.4) is 0 Å². The Morgan fingerprint density at radius 3 is 2.00 bits per heavy atom. The minimum atomic E-state index is -0.680. The number of alkyl halides is 1. The molecule has 0 spiro atoms. The van der Waals surface area contributed by atoms with Crippen molar-refractivity contribution in [2.24, 2.45) is 0 Å². The standard InChI is InChI=1S/C18H35IO5/c1-4-7-10-21-13-14-16(22-11-8-5-2)17(23-12-9-6-3)15(20)18(19)24-14/h14-18,20H,4-13H2,1-3H3/t14-,15-,16-,17-,18+/m1/s1. The summed E-state index contributed by atoms with van der Waals surface area (Å²) in [5.41, 5.74) is 0. The minimum Gasteiger partial charge on any atom is -0.387 e. The fourth-order valence-electron chi connectivity index (χ4n) is 2.58. The van der Waals surface area contributed by atoms with Crippen LogP contribution in [0.4, 0.5) is 0 Å². The average molecular weight is 458 g/mol. The molecule has 0 saturated carbocycles. The van der Waals surface area contributed by atoms with Crippen molar-refractivity contribution >= 4 is 22.6 Å². The van der Waals surface area contributed by atoms with E-state index in [9.17, 15) is 5.11 Å². The Kier molecular flexibility index (Phi) is 12.9. The van der Waals surface area contributed by atoms with Crippen LogP contribution in [-0.2, 0) is 18.9 Å². The lowest BCUT2D eigenvalue weighted by Gasteiger charge is -2.43. The highest BCUT2D eigenvalue weighted by molar-refractivity contribution is 14.1. The maximum Gasteiger partial charge on any atom is 0.137 e. The van der Waals surface area contributed by atoms with Crippen LogP contribution in [0.2, 0.25) is 0 Å². The molecule has 6 heteroatoms. The lowest BCUT2D eigenvalue weighted by Crippen LogP contribution is -2.59. The summed E-state index contributed by atoms with van der Waals surface area (Å²) in [6.07, 6.45) is 4.75. The van der Waals surface area contributed by atoms with E-state index in [2.05, 4.69) is 43.4 Å². The molecule has 24 heavy (non-hydrogen) atoms. The van der Waals surface area contributed by atoms with E-state index < -0.39 is 6.10 Å². The van der Waals surface area contributed by atoms with Gasteiger partial charge in [-0.05, 0) is 41.9 Å². The van der Waals surface area contributed by atoms with Crippen LogP contribution < -0.4 is 0 Å². The van der Waals surface area contributed by atoms with Crippen molar-refractivity contribution < 1.29 is 24.1 Å². The molecule has 1 aliphatic heterocycles. The van der Waals surface area contributed by atoms with E-state index >= 15 is 0 Å². The zero-order valence-corrected chi connectivity index (χ0v) is 17.6. The van der Waals surface area contributed by atoms with Crippen LogP contribution in [0.25, 0.3) is 0 Å². The third-order valence-corrected chi connectivity index (χ3v) is 5.17. The summed E-state index contributed by atoms with van der Waals surface area (Å²) in [7, 11) is 0. The summed E-state index contributed by atoms with van der Waals surface area (Å²) in [4.78, 5) is 0. The molecule has 0 aromatic heterocycles. The quantitative estimate of drug-likeness (QED) is 0.259. The predicted molar refractivity (Wildman–Crippen MR) is 104 cm³/mol. The molecule has 0 aromatic carbocycles. The normalized spacial score (nSPS) is 30.6. The molecular weight excluding hydrogens is 423 g/mol. The van der Waals surface area contributed by atoms with Gasteiger partial charge in [-0.25, -0.2) is 0 Å². The molecule has 0 aromatic rings. The maximum absolute atomic E-state index is 10.5. The van der Waals surface area contributed by atoms with E-state index in [-0.39, 0.29) is 22.4 Å². The topological polar surface area (TPSA) is 57.2 Å². The van der Waals surface area contributed by atoms with E-state index in [4.69, 9.17) is 18.9 Å². The molecule has 144 valence electrons. The Morgan fingerprint density at radius 2 is 1.42 bits per heavy atom. The monoisotopic (exact) mass is 458 g/mol. The lowest BCUT2D eigenvalue weighted by atomic mass is 9.99. The molecule has 1 heterocycles. The molecule has 1 fully saturated rings. The first kappa shape index (κ1) is 22.6. The van der Waals surface area contributed by atoms with Crippen molar-refractivity contribution in [2.75, 3.05) is 26.4 Å². The van der Waals surface area contributed by atoms with Gasteiger partial charge in [0.05, 0.1) is 6.61 Å². The first-order chi connectivity index (χ1) is 11.7. The van der Waals surface area contributed by atoms with Gasteiger partial charge < -0.3 is 24.1 Å². The van der Waals surface area contributed by atoms with Gasteiger partial charge in [-0.1, -0.05) is 40.0 Å². The van der Waals surface area contributed by atoms with E-state index in [1.54, 1.807) is 0 Å². The Balaban J connectivity index is 2.68. The minimum absolute atomic E-state index is 0.198. The second-order valence-electron chi connectivity index (χ2n) is 6.32. The van der Waals surface area contributed by atoms with Gasteiger partial charge in [-0.3, -0.25) is 0 Å². The van der Waals surface area contributed by atoms with Crippen molar-refractivity contribution in [3.05, 3.63) is 0 Å². The average Bonchev–Trinajstić information content (AvgIpc) is 2.58. The van der Waals surface area contributed by atoms with E-state index in [0.717, 1.165) is 45.1 Å². The first-order valence-corrected chi connectivity index (χ1v) is 10.7. The van der Waals surface area contributed by atoms with Gasteiger partial charge in [0, 0.05) is 19.8 Å². The fraction of sp³-hybridized carbons (Fsp3) is 1.00. The van der Waals surface area contributed by atoms with Crippen LogP contribution in [0.15, 0.2) is 0 Å². The molecule has 1 aliphatic rings. The summed E-state index contributed by atoms with van der Waals surface area (Å²) >= 11 is 2.13. The zero-order valence-electron chi connectivity index (χ0n) is 15.4. The number of aliphatic hydroxyl groups excluding tert-OH is 1. The number of aliphatic hydroxyl groups is 1. The summed E-state index contributed by atoms with van der Waals surface area (Å²) < 4.78 is 23.5. The van der Waals surface area contributed by atoms with E-state index in [1.165, 1.54) is 0 Å². The number of rotatable bonds is 13. The van der Waals surface area contributed by atoms with E-state index in [0.29, 0.717) is 19.8 Å². The second kappa shape index (κ2) is 13.7. The largest absolute Gasteiger partial charge is 0.387 e. The number of ether oxygens (including phenoxy) is 4. The number of hydrogen-bond donors (Lipinski definition) is 1. The highest BCUT2D eigenvalue weighted by Gasteiger charge is 2.45. The predicted octanol–water partition coefficient (Wildman–Crippen LogP) is 3.69. The van der Waals surface area contributed by atoms with Crippen LogP contribution in [0, 0.1) is 0 Å². The fourth-order valence-corrected chi connectivity index (χ4v) is 3.37. The van der Waals surface area contributed by atoms with Gasteiger partial charge in [0.1, 0.15) is 28.5 Å². The van der Waals surface area contributed by atoms with Gasteiger partial charge in [0.15, 0.2) is 0 Å².